The highest BCUT2D eigenvalue weighted by molar-refractivity contribution is 5.94. The van der Waals surface area contributed by atoms with Crippen molar-refractivity contribution in [3.63, 3.8) is 0 Å². The summed E-state index contributed by atoms with van der Waals surface area (Å²) < 4.78 is 5.33. The molecular weight excluding hydrogens is 338 g/mol. The van der Waals surface area contributed by atoms with E-state index in [1.165, 1.54) is 0 Å². The monoisotopic (exact) mass is 355 g/mol. The van der Waals surface area contributed by atoms with E-state index in [-0.39, 0.29) is 5.91 Å². The molecule has 0 aliphatic carbocycles. The zero-order chi connectivity index (χ0) is 18.5. The smallest absolute Gasteiger partial charge is 0.258 e. The number of hydrogen-bond donors (Lipinski definition) is 1. The highest BCUT2D eigenvalue weighted by atomic mass is 16.5. The number of amides is 1. The molecule has 4 aromatic rings. The van der Waals surface area contributed by atoms with E-state index in [4.69, 9.17) is 4.52 Å². The molecule has 0 aliphatic rings. The molecule has 0 bridgehead atoms. The summed E-state index contributed by atoms with van der Waals surface area (Å²) in [6.07, 6.45) is 0. The molecule has 0 aliphatic heterocycles. The summed E-state index contributed by atoms with van der Waals surface area (Å²) in [6.45, 7) is 0.493. The number of carbonyl (C=O) groups is 1. The Bertz CT molecular complexity index is 1030. The molecule has 0 spiro atoms. The van der Waals surface area contributed by atoms with Crippen LogP contribution in [0.3, 0.4) is 0 Å². The van der Waals surface area contributed by atoms with Crippen LogP contribution in [0.15, 0.2) is 89.5 Å². The number of carbonyl (C=O) groups excluding carboxylic acids is 1. The molecule has 0 atom stereocenters. The Kier molecular flexibility index (Phi) is 4.74. The molecule has 0 unspecified atom stereocenters. The normalized spacial score (nSPS) is 10.5. The van der Waals surface area contributed by atoms with Gasteiger partial charge in [-0.05, 0) is 29.8 Å². The van der Waals surface area contributed by atoms with E-state index in [1.807, 2.05) is 72.8 Å². The van der Waals surface area contributed by atoms with Crippen molar-refractivity contribution in [2.45, 2.75) is 6.54 Å². The van der Waals surface area contributed by atoms with Gasteiger partial charge in [-0.1, -0.05) is 65.8 Å². The van der Waals surface area contributed by atoms with Gasteiger partial charge < -0.3 is 9.84 Å². The Hall–Kier alpha value is -3.73. The van der Waals surface area contributed by atoms with Crippen LogP contribution in [0.4, 0.5) is 0 Å². The zero-order valence-electron chi connectivity index (χ0n) is 14.5. The van der Waals surface area contributed by atoms with Crippen LogP contribution in [0, 0.1) is 0 Å². The van der Waals surface area contributed by atoms with E-state index in [1.54, 1.807) is 12.1 Å². The number of nitrogens with zero attached hydrogens (tertiary/aromatic N) is 2. The first-order valence-electron chi connectivity index (χ1n) is 8.61. The maximum atomic E-state index is 12.3. The summed E-state index contributed by atoms with van der Waals surface area (Å²) in [5.74, 6) is 0.837. The van der Waals surface area contributed by atoms with E-state index < -0.39 is 0 Å². The predicted molar refractivity (Wildman–Crippen MR) is 103 cm³/mol. The Morgan fingerprint density at radius 3 is 2.19 bits per heavy atom. The molecule has 3 aromatic carbocycles. The molecule has 1 amide bonds. The first-order valence-corrected chi connectivity index (χ1v) is 8.61. The number of nitrogens with one attached hydrogen (secondary N) is 1. The number of hydrogen-bond acceptors (Lipinski definition) is 4. The van der Waals surface area contributed by atoms with Gasteiger partial charge >= 0.3 is 0 Å². The van der Waals surface area contributed by atoms with Crippen molar-refractivity contribution in [2.75, 3.05) is 0 Å². The van der Waals surface area contributed by atoms with Gasteiger partial charge in [-0.2, -0.15) is 4.98 Å². The molecule has 0 saturated carbocycles. The maximum Gasteiger partial charge on any atom is 0.258 e. The van der Waals surface area contributed by atoms with Gasteiger partial charge in [-0.25, -0.2) is 0 Å². The van der Waals surface area contributed by atoms with Gasteiger partial charge in [0.2, 0.25) is 5.82 Å². The minimum atomic E-state index is -0.122. The SMILES string of the molecule is O=C(NCc1ccccc1)c1ccc(-c2noc(-c3ccccc3)n2)cc1. The molecule has 132 valence electrons. The van der Waals surface area contributed by atoms with Gasteiger partial charge in [-0.3, -0.25) is 4.79 Å². The van der Waals surface area contributed by atoms with E-state index in [0.717, 1.165) is 16.7 Å². The summed E-state index contributed by atoms with van der Waals surface area (Å²) in [6, 6.07) is 26.5. The van der Waals surface area contributed by atoms with Crippen LogP contribution in [-0.2, 0) is 6.54 Å². The van der Waals surface area contributed by atoms with Crippen LogP contribution < -0.4 is 5.32 Å². The first kappa shape index (κ1) is 16.7. The largest absolute Gasteiger partial charge is 0.348 e. The molecule has 27 heavy (non-hydrogen) atoms. The summed E-state index contributed by atoms with van der Waals surface area (Å²) >= 11 is 0. The van der Waals surface area contributed by atoms with Crippen LogP contribution in [0.2, 0.25) is 0 Å². The van der Waals surface area contributed by atoms with E-state index in [2.05, 4.69) is 15.5 Å². The Balaban J connectivity index is 1.44. The minimum absolute atomic E-state index is 0.122. The van der Waals surface area contributed by atoms with Gasteiger partial charge in [0.05, 0.1) is 0 Å². The standard InChI is InChI=1S/C22H17N3O2/c26-21(23-15-16-7-3-1-4-8-16)18-13-11-17(12-14-18)20-24-22(27-25-20)19-9-5-2-6-10-19/h1-14H,15H2,(H,23,26). The van der Waals surface area contributed by atoms with Crippen molar-refractivity contribution in [2.24, 2.45) is 0 Å². The molecule has 1 heterocycles. The third kappa shape index (κ3) is 3.93. The molecule has 1 N–H and O–H groups in total. The van der Waals surface area contributed by atoms with Gasteiger partial charge in [-0.15, -0.1) is 0 Å². The van der Waals surface area contributed by atoms with Crippen LogP contribution in [0.5, 0.6) is 0 Å². The van der Waals surface area contributed by atoms with Crippen molar-refractivity contribution in [1.82, 2.24) is 15.5 Å². The third-order valence-corrected chi connectivity index (χ3v) is 4.15. The molecule has 0 radical (unpaired) electrons. The lowest BCUT2D eigenvalue weighted by atomic mass is 10.1. The quantitative estimate of drug-likeness (QED) is 0.578. The highest BCUT2D eigenvalue weighted by Crippen LogP contribution is 2.22. The first-order chi connectivity index (χ1) is 13.3. The summed E-state index contributed by atoms with van der Waals surface area (Å²) in [5, 5.41) is 6.94. The fourth-order valence-corrected chi connectivity index (χ4v) is 2.69. The van der Waals surface area contributed by atoms with Crippen molar-refractivity contribution in [3.05, 3.63) is 96.1 Å². The molecule has 5 nitrogen and oxygen atoms in total. The van der Waals surface area contributed by atoms with Crippen molar-refractivity contribution >= 4 is 5.91 Å². The second-order valence-corrected chi connectivity index (χ2v) is 6.03. The fraction of sp³-hybridized carbons (Fsp3) is 0.0455. The highest BCUT2D eigenvalue weighted by Gasteiger charge is 2.11. The van der Waals surface area contributed by atoms with E-state index >= 15 is 0 Å². The van der Waals surface area contributed by atoms with Crippen molar-refractivity contribution < 1.29 is 9.32 Å². The zero-order valence-corrected chi connectivity index (χ0v) is 14.5. The lowest BCUT2D eigenvalue weighted by Gasteiger charge is -2.05. The second kappa shape index (κ2) is 7.66. The van der Waals surface area contributed by atoms with Crippen LogP contribution in [-0.4, -0.2) is 16.0 Å². The molecule has 5 heteroatoms. The number of rotatable bonds is 5. The topological polar surface area (TPSA) is 68.0 Å². The lowest BCUT2D eigenvalue weighted by molar-refractivity contribution is 0.0951. The number of benzene rings is 3. The van der Waals surface area contributed by atoms with Crippen molar-refractivity contribution in [3.8, 4) is 22.8 Å². The lowest BCUT2D eigenvalue weighted by Crippen LogP contribution is -2.22. The fourth-order valence-electron chi connectivity index (χ4n) is 2.69. The molecule has 1 aromatic heterocycles. The summed E-state index contributed by atoms with van der Waals surface area (Å²) in [5.41, 5.74) is 3.30. The van der Waals surface area contributed by atoms with E-state index in [0.29, 0.717) is 23.8 Å². The Morgan fingerprint density at radius 2 is 1.48 bits per heavy atom. The molecule has 4 rings (SSSR count). The summed E-state index contributed by atoms with van der Waals surface area (Å²) in [4.78, 5) is 16.7. The molecule has 0 saturated heterocycles. The maximum absolute atomic E-state index is 12.3. The van der Waals surface area contributed by atoms with Gasteiger partial charge in [0.25, 0.3) is 11.8 Å². The van der Waals surface area contributed by atoms with Gasteiger partial charge in [0, 0.05) is 23.2 Å². The Labute approximate surface area is 156 Å². The second-order valence-electron chi connectivity index (χ2n) is 6.03. The Morgan fingerprint density at radius 1 is 0.815 bits per heavy atom. The van der Waals surface area contributed by atoms with Crippen LogP contribution >= 0.6 is 0 Å². The average molecular weight is 355 g/mol. The average Bonchev–Trinajstić information content (AvgIpc) is 3.24. The minimum Gasteiger partial charge on any atom is -0.348 e. The van der Waals surface area contributed by atoms with Crippen molar-refractivity contribution in [1.29, 1.82) is 0 Å². The van der Waals surface area contributed by atoms with Gasteiger partial charge in [0.1, 0.15) is 0 Å². The predicted octanol–water partition coefficient (Wildman–Crippen LogP) is 4.33. The molecular formula is C22H17N3O2. The van der Waals surface area contributed by atoms with E-state index in [9.17, 15) is 4.79 Å². The summed E-state index contributed by atoms with van der Waals surface area (Å²) in [7, 11) is 0. The van der Waals surface area contributed by atoms with Crippen LogP contribution in [0.1, 0.15) is 15.9 Å². The third-order valence-electron chi connectivity index (χ3n) is 4.15. The number of aromatic nitrogens is 2. The van der Waals surface area contributed by atoms with Crippen LogP contribution in [0.25, 0.3) is 22.8 Å². The van der Waals surface area contributed by atoms with Gasteiger partial charge in [0.15, 0.2) is 0 Å². The molecule has 0 fully saturated rings.